The molecule has 0 atom stereocenters. The summed E-state index contributed by atoms with van der Waals surface area (Å²) in [5, 5.41) is 2.92. The number of methoxy groups -OCH3 is 2. The van der Waals surface area contributed by atoms with Crippen LogP contribution < -0.4 is 19.5 Å². The van der Waals surface area contributed by atoms with Gasteiger partial charge < -0.3 is 19.5 Å². The number of nitrogens with one attached hydrogen (secondary N) is 1. The molecule has 0 radical (unpaired) electrons. The summed E-state index contributed by atoms with van der Waals surface area (Å²) >= 11 is 0. The van der Waals surface area contributed by atoms with Crippen LogP contribution in [0.2, 0.25) is 0 Å². The quantitative estimate of drug-likeness (QED) is 0.574. The van der Waals surface area contributed by atoms with Crippen molar-refractivity contribution < 1.29 is 19.0 Å². The first kappa shape index (κ1) is 20.6. The number of carbonyl (C=O) groups excluding carboxylic acids is 1. The van der Waals surface area contributed by atoms with Crippen LogP contribution in [0.1, 0.15) is 38.2 Å². The van der Waals surface area contributed by atoms with Gasteiger partial charge in [-0.3, -0.25) is 4.79 Å². The summed E-state index contributed by atoms with van der Waals surface area (Å²) in [6.07, 6.45) is 4.44. The monoisotopic (exact) mass is 371 g/mol. The number of anilines is 1. The summed E-state index contributed by atoms with van der Waals surface area (Å²) in [5.74, 6) is 2.16. The summed E-state index contributed by atoms with van der Waals surface area (Å²) in [5.41, 5.74) is 1.80. The molecule has 0 aliphatic heterocycles. The molecule has 0 saturated heterocycles. The Balaban J connectivity index is 1.80. The van der Waals surface area contributed by atoms with Crippen molar-refractivity contribution in [3.05, 3.63) is 48.0 Å². The van der Waals surface area contributed by atoms with Crippen molar-refractivity contribution in [3.63, 3.8) is 0 Å². The summed E-state index contributed by atoms with van der Waals surface area (Å²) < 4.78 is 16.2. The van der Waals surface area contributed by atoms with Crippen LogP contribution in [0.3, 0.4) is 0 Å². The molecule has 0 saturated carbocycles. The first-order chi connectivity index (χ1) is 13.2. The largest absolute Gasteiger partial charge is 0.494 e. The molecule has 2 aromatic rings. The lowest BCUT2D eigenvalue weighted by Crippen LogP contribution is -2.12. The second-order valence-electron chi connectivity index (χ2n) is 6.32. The smallest absolute Gasteiger partial charge is 0.224 e. The standard InChI is InChI=1S/C22H29NO4/c1-4-5-6-15-27-19-11-9-18(10-12-19)23-22(24)14-8-17-7-13-20(25-2)21(16-17)26-3/h7,9-13,16H,4-6,8,14-15H2,1-3H3,(H,23,24). The fourth-order valence-electron chi connectivity index (χ4n) is 2.69. The van der Waals surface area contributed by atoms with Crippen LogP contribution in [0.15, 0.2) is 42.5 Å². The van der Waals surface area contributed by atoms with E-state index >= 15 is 0 Å². The lowest BCUT2D eigenvalue weighted by Gasteiger charge is -2.10. The minimum absolute atomic E-state index is 0.0265. The number of aryl methyl sites for hydroxylation is 1. The van der Waals surface area contributed by atoms with Gasteiger partial charge in [0.25, 0.3) is 0 Å². The van der Waals surface area contributed by atoms with Crippen LogP contribution in [-0.4, -0.2) is 26.7 Å². The van der Waals surface area contributed by atoms with Crippen LogP contribution in [0, 0.1) is 0 Å². The Morgan fingerprint density at radius 1 is 0.963 bits per heavy atom. The molecule has 0 aromatic heterocycles. The van der Waals surface area contributed by atoms with E-state index in [0.29, 0.717) is 24.3 Å². The SMILES string of the molecule is CCCCCOc1ccc(NC(=O)CCc2ccc(OC)c(OC)c2)cc1. The number of unbranched alkanes of at least 4 members (excludes halogenated alkanes) is 2. The Bertz CT molecular complexity index is 713. The Labute approximate surface area is 161 Å². The third-order valence-electron chi connectivity index (χ3n) is 4.24. The van der Waals surface area contributed by atoms with Crippen molar-refractivity contribution >= 4 is 11.6 Å². The Kier molecular flexibility index (Phi) is 8.49. The fraction of sp³-hybridized carbons (Fsp3) is 0.409. The molecule has 0 fully saturated rings. The van der Waals surface area contributed by atoms with Gasteiger partial charge in [0, 0.05) is 12.1 Å². The van der Waals surface area contributed by atoms with E-state index in [0.717, 1.165) is 30.0 Å². The van der Waals surface area contributed by atoms with Gasteiger partial charge in [0.05, 0.1) is 20.8 Å². The fourth-order valence-corrected chi connectivity index (χ4v) is 2.69. The molecule has 5 nitrogen and oxygen atoms in total. The Morgan fingerprint density at radius 3 is 2.37 bits per heavy atom. The number of hydrogen-bond donors (Lipinski definition) is 1. The molecule has 2 rings (SSSR count). The van der Waals surface area contributed by atoms with E-state index in [1.54, 1.807) is 14.2 Å². The molecule has 27 heavy (non-hydrogen) atoms. The predicted molar refractivity (Wildman–Crippen MR) is 108 cm³/mol. The zero-order valence-electron chi connectivity index (χ0n) is 16.4. The van der Waals surface area contributed by atoms with Gasteiger partial charge in [-0.15, -0.1) is 0 Å². The topological polar surface area (TPSA) is 56.8 Å². The maximum Gasteiger partial charge on any atom is 0.224 e. The van der Waals surface area contributed by atoms with Gasteiger partial charge in [0.15, 0.2) is 11.5 Å². The minimum atomic E-state index is -0.0265. The first-order valence-corrected chi connectivity index (χ1v) is 9.40. The highest BCUT2D eigenvalue weighted by Gasteiger charge is 2.07. The van der Waals surface area contributed by atoms with Crippen molar-refractivity contribution in [2.75, 3.05) is 26.1 Å². The van der Waals surface area contributed by atoms with Crippen molar-refractivity contribution in [2.24, 2.45) is 0 Å². The summed E-state index contributed by atoms with van der Waals surface area (Å²) in [6, 6.07) is 13.2. The number of hydrogen-bond acceptors (Lipinski definition) is 4. The van der Waals surface area contributed by atoms with Crippen LogP contribution in [0.25, 0.3) is 0 Å². The lowest BCUT2D eigenvalue weighted by molar-refractivity contribution is -0.116. The van der Waals surface area contributed by atoms with Gasteiger partial charge in [-0.25, -0.2) is 0 Å². The van der Waals surface area contributed by atoms with Crippen molar-refractivity contribution in [2.45, 2.75) is 39.0 Å². The second-order valence-corrected chi connectivity index (χ2v) is 6.32. The molecule has 146 valence electrons. The predicted octanol–water partition coefficient (Wildman–Crippen LogP) is 4.84. The van der Waals surface area contributed by atoms with Crippen LogP contribution in [-0.2, 0) is 11.2 Å². The number of amides is 1. The molecule has 5 heteroatoms. The summed E-state index contributed by atoms with van der Waals surface area (Å²) in [4.78, 5) is 12.2. The van der Waals surface area contributed by atoms with Gasteiger partial charge in [-0.1, -0.05) is 25.8 Å². The average Bonchev–Trinajstić information content (AvgIpc) is 2.70. The van der Waals surface area contributed by atoms with Gasteiger partial charge in [0.2, 0.25) is 5.91 Å². The Morgan fingerprint density at radius 2 is 1.70 bits per heavy atom. The van der Waals surface area contributed by atoms with E-state index in [1.165, 1.54) is 12.8 Å². The highest BCUT2D eigenvalue weighted by Crippen LogP contribution is 2.28. The van der Waals surface area contributed by atoms with Crippen LogP contribution in [0.4, 0.5) is 5.69 Å². The van der Waals surface area contributed by atoms with E-state index in [4.69, 9.17) is 14.2 Å². The van der Waals surface area contributed by atoms with Crippen LogP contribution >= 0.6 is 0 Å². The molecule has 0 heterocycles. The van der Waals surface area contributed by atoms with E-state index in [-0.39, 0.29) is 5.91 Å². The highest BCUT2D eigenvalue weighted by molar-refractivity contribution is 5.90. The highest BCUT2D eigenvalue weighted by atomic mass is 16.5. The molecule has 0 spiro atoms. The zero-order chi connectivity index (χ0) is 19.5. The first-order valence-electron chi connectivity index (χ1n) is 9.40. The third kappa shape index (κ3) is 6.85. The van der Waals surface area contributed by atoms with E-state index < -0.39 is 0 Å². The maximum absolute atomic E-state index is 12.2. The molecule has 0 aliphatic carbocycles. The molecule has 0 bridgehead atoms. The normalized spacial score (nSPS) is 10.3. The molecule has 1 amide bonds. The van der Waals surface area contributed by atoms with Crippen molar-refractivity contribution in [3.8, 4) is 17.2 Å². The summed E-state index contributed by atoms with van der Waals surface area (Å²) in [7, 11) is 3.21. The molecular formula is C22H29NO4. The Hall–Kier alpha value is -2.69. The van der Waals surface area contributed by atoms with Crippen LogP contribution in [0.5, 0.6) is 17.2 Å². The molecule has 0 unspecified atom stereocenters. The molecule has 2 aromatic carbocycles. The summed E-state index contributed by atoms with van der Waals surface area (Å²) in [6.45, 7) is 2.90. The molecular weight excluding hydrogens is 342 g/mol. The average molecular weight is 371 g/mol. The molecule has 1 N–H and O–H groups in total. The van der Waals surface area contributed by atoms with Gasteiger partial charge in [-0.05, 0) is 54.8 Å². The number of rotatable bonds is 11. The lowest BCUT2D eigenvalue weighted by atomic mass is 10.1. The van der Waals surface area contributed by atoms with Crippen molar-refractivity contribution in [1.82, 2.24) is 0 Å². The number of carbonyl (C=O) groups is 1. The van der Waals surface area contributed by atoms with Gasteiger partial charge in [0.1, 0.15) is 5.75 Å². The third-order valence-corrected chi connectivity index (χ3v) is 4.24. The van der Waals surface area contributed by atoms with E-state index in [9.17, 15) is 4.79 Å². The minimum Gasteiger partial charge on any atom is -0.494 e. The maximum atomic E-state index is 12.2. The van der Waals surface area contributed by atoms with Gasteiger partial charge in [-0.2, -0.15) is 0 Å². The van der Waals surface area contributed by atoms with E-state index in [2.05, 4.69) is 12.2 Å². The zero-order valence-corrected chi connectivity index (χ0v) is 16.4. The second kappa shape index (κ2) is 11.1. The molecule has 0 aliphatic rings. The van der Waals surface area contributed by atoms with E-state index in [1.807, 2.05) is 42.5 Å². The van der Waals surface area contributed by atoms with Crippen molar-refractivity contribution in [1.29, 1.82) is 0 Å². The number of benzene rings is 2. The number of ether oxygens (including phenoxy) is 3. The van der Waals surface area contributed by atoms with Gasteiger partial charge >= 0.3 is 0 Å².